The van der Waals surface area contributed by atoms with Gasteiger partial charge in [0.25, 0.3) is 0 Å². The van der Waals surface area contributed by atoms with Gasteiger partial charge in [-0.05, 0) is 79.5 Å². The Morgan fingerprint density at radius 1 is 0.721 bits per heavy atom. The van der Waals surface area contributed by atoms with Gasteiger partial charge >= 0.3 is 0 Å². The Labute approximate surface area is 254 Å². The van der Waals surface area contributed by atoms with E-state index < -0.39 is 66.7 Å². The Kier molecular flexibility index (Phi) is 9.98. The molecule has 0 bridgehead atoms. The van der Waals surface area contributed by atoms with Crippen LogP contribution in [0.3, 0.4) is 0 Å². The van der Waals surface area contributed by atoms with Gasteiger partial charge in [0.05, 0.1) is 0 Å². The van der Waals surface area contributed by atoms with Crippen molar-refractivity contribution in [2.45, 2.75) is 120 Å². The topological polar surface area (TPSA) is 64.6 Å². The highest BCUT2D eigenvalue weighted by Gasteiger charge is 2.42. The molecular weight excluding hydrogens is 622 g/mol. The molecule has 0 unspecified atom stereocenters. The summed E-state index contributed by atoms with van der Waals surface area (Å²) in [5, 5.41) is -0.0739. The minimum Gasteiger partial charge on any atom is -0.543 e. The molecule has 43 heavy (non-hydrogen) atoms. The normalized spacial score (nSPS) is 19.0. The summed E-state index contributed by atoms with van der Waals surface area (Å²) in [6.07, 6.45) is 1.61. The molecule has 1 N–H and O–H groups in total. The molecule has 0 atom stereocenters. The Morgan fingerprint density at radius 2 is 1.16 bits per heavy atom. The van der Waals surface area contributed by atoms with E-state index in [0.717, 1.165) is 17.1 Å². The molecule has 242 valence electrons. The van der Waals surface area contributed by atoms with Gasteiger partial charge in [-0.1, -0.05) is 47.6 Å². The lowest BCUT2D eigenvalue weighted by Gasteiger charge is -2.39. The minimum absolute atomic E-state index is 0.00312. The number of rotatable bonds is 8. The number of hydrogen-bond donors (Lipinski definition) is 1. The fraction of sp³-hybridized carbons (Fsp3) is 0.600. The van der Waals surface area contributed by atoms with Crippen LogP contribution in [0.15, 0.2) is 23.1 Å². The average Bonchev–Trinajstić information content (AvgIpc) is 2.85. The lowest BCUT2D eigenvalue weighted by molar-refractivity contribution is 0.351. The van der Waals surface area contributed by atoms with E-state index in [9.17, 15) is 30.4 Å². The summed E-state index contributed by atoms with van der Waals surface area (Å²) in [6, 6.07) is 5.14. The molecular formula is C30H44F5NO4SSi2. The predicted molar refractivity (Wildman–Crippen MR) is 164 cm³/mol. The molecule has 3 rings (SSSR count). The fourth-order valence-corrected chi connectivity index (χ4v) is 8.00. The summed E-state index contributed by atoms with van der Waals surface area (Å²) in [5.41, 5.74) is 0.966. The van der Waals surface area contributed by atoms with Crippen molar-refractivity contribution in [3.8, 4) is 11.5 Å². The number of benzene rings is 2. The van der Waals surface area contributed by atoms with Gasteiger partial charge in [0.2, 0.25) is 32.5 Å². The van der Waals surface area contributed by atoms with Crippen LogP contribution in [-0.2, 0) is 10.0 Å². The Balaban J connectivity index is 1.87. The van der Waals surface area contributed by atoms with Crippen LogP contribution in [0.5, 0.6) is 11.5 Å². The van der Waals surface area contributed by atoms with Gasteiger partial charge in [0, 0.05) is 12.1 Å². The third-order valence-electron chi connectivity index (χ3n) is 9.26. The van der Waals surface area contributed by atoms with Crippen molar-refractivity contribution in [3.63, 3.8) is 0 Å². The van der Waals surface area contributed by atoms with Crippen LogP contribution >= 0.6 is 0 Å². The highest BCUT2D eigenvalue weighted by molar-refractivity contribution is 7.89. The maximum Gasteiger partial charge on any atom is 0.250 e. The monoisotopic (exact) mass is 665 g/mol. The highest BCUT2D eigenvalue weighted by Crippen LogP contribution is 2.45. The summed E-state index contributed by atoms with van der Waals surface area (Å²) >= 11 is 0. The lowest BCUT2D eigenvalue weighted by atomic mass is 9.81. The first-order valence-corrected chi connectivity index (χ1v) is 21.8. The molecule has 1 fully saturated rings. The van der Waals surface area contributed by atoms with Gasteiger partial charge in [-0.25, -0.2) is 35.1 Å². The SMILES string of the molecule is CC(C)(C)[Si](C)(C)Oc1ccc([C@H]2CC[C@H](NS(=O)(=O)c3c(F)c(F)c(F)c(F)c3F)CC2)c(O[Si](C)(C)C(C)(C)C)c1. The number of sulfonamides is 1. The van der Waals surface area contributed by atoms with Crippen molar-refractivity contribution in [1.29, 1.82) is 0 Å². The summed E-state index contributed by atoms with van der Waals surface area (Å²) in [6.45, 7) is 21.6. The van der Waals surface area contributed by atoms with Gasteiger partial charge in [0.15, 0.2) is 28.2 Å². The van der Waals surface area contributed by atoms with E-state index in [1.165, 1.54) is 0 Å². The standard InChI is InChI=1S/C30H44F5NO4SSi2/c1-29(2,3)42(7,8)39-20-15-16-21(22(17-20)40-43(9,10)30(4,5)6)18-11-13-19(14-12-18)36-41(37,38)28-26(34)24(32)23(31)25(33)27(28)35/h15-19,36H,11-14H2,1-10H3/t18-,19-. The van der Waals surface area contributed by atoms with Gasteiger partial charge < -0.3 is 8.85 Å². The smallest absolute Gasteiger partial charge is 0.250 e. The van der Waals surface area contributed by atoms with E-state index >= 15 is 0 Å². The van der Waals surface area contributed by atoms with Crippen molar-refractivity contribution < 1.29 is 39.2 Å². The molecule has 1 saturated carbocycles. The van der Waals surface area contributed by atoms with Crippen LogP contribution < -0.4 is 13.6 Å². The third-order valence-corrected chi connectivity index (χ3v) is 19.5. The maximum atomic E-state index is 14.2. The Bertz CT molecular complexity index is 1430. The number of nitrogens with one attached hydrogen (secondary N) is 1. The molecule has 0 heterocycles. The quantitative estimate of drug-likeness (QED) is 0.132. The van der Waals surface area contributed by atoms with E-state index in [1.54, 1.807) is 0 Å². The Morgan fingerprint density at radius 3 is 1.63 bits per heavy atom. The van der Waals surface area contributed by atoms with Crippen LogP contribution in [0, 0.1) is 29.1 Å². The van der Waals surface area contributed by atoms with Crippen LogP contribution in [-0.4, -0.2) is 31.1 Å². The van der Waals surface area contributed by atoms with Gasteiger partial charge in [0.1, 0.15) is 11.5 Å². The zero-order valence-electron chi connectivity index (χ0n) is 26.6. The van der Waals surface area contributed by atoms with Crippen LogP contribution in [0.25, 0.3) is 0 Å². The van der Waals surface area contributed by atoms with E-state index in [0.29, 0.717) is 25.7 Å². The summed E-state index contributed by atoms with van der Waals surface area (Å²) in [7, 11) is -9.42. The molecule has 0 amide bonds. The molecule has 1 aliphatic rings. The minimum atomic E-state index is -5.03. The van der Waals surface area contributed by atoms with Crippen LogP contribution in [0.1, 0.15) is 78.7 Å². The zero-order chi connectivity index (χ0) is 32.9. The van der Waals surface area contributed by atoms with Crippen LogP contribution in [0.4, 0.5) is 22.0 Å². The molecule has 0 aromatic heterocycles. The fourth-order valence-electron chi connectivity index (χ4n) is 4.50. The van der Waals surface area contributed by atoms with Gasteiger partial charge in [-0.3, -0.25) is 0 Å². The highest BCUT2D eigenvalue weighted by atomic mass is 32.2. The van der Waals surface area contributed by atoms with Crippen molar-refractivity contribution in [3.05, 3.63) is 52.8 Å². The first-order chi connectivity index (χ1) is 19.4. The third kappa shape index (κ3) is 7.47. The Hall–Kier alpha value is -1.97. The summed E-state index contributed by atoms with van der Waals surface area (Å²) in [4.78, 5) is -1.87. The maximum absolute atomic E-state index is 14.2. The molecule has 0 aliphatic heterocycles. The van der Waals surface area contributed by atoms with Crippen LogP contribution in [0.2, 0.25) is 36.3 Å². The first-order valence-electron chi connectivity index (χ1n) is 14.5. The second kappa shape index (κ2) is 12.1. The van der Waals surface area contributed by atoms with Crippen molar-refractivity contribution in [2.24, 2.45) is 0 Å². The number of hydrogen-bond acceptors (Lipinski definition) is 4. The lowest BCUT2D eigenvalue weighted by Crippen LogP contribution is -2.44. The second-order valence-electron chi connectivity index (χ2n) is 14.5. The molecule has 2 aromatic carbocycles. The van der Waals surface area contributed by atoms with E-state index in [1.807, 2.05) is 18.2 Å². The number of halogens is 5. The molecule has 5 nitrogen and oxygen atoms in total. The van der Waals surface area contributed by atoms with Gasteiger partial charge in [-0.2, -0.15) is 0 Å². The summed E-state index contributed by atoms with van der Waals surface area (Å²) in [5.74, 6) is -10.3. The first kappa shape index (κ1) is 35.5. The largest absolute Gasteiger partial charge is 0.543 e. The predicted octanol–water partition coefficient (Wildman–Crippen LogP) is 9.15. The molecule has 2 aromatic rings. The molecule has 0 spiro atoms. The van der Waals surface area contributed by atoms with Crippen molar-refractivity contribution in [1.82, 2.24) is 4.72 Å². The summed E-state index contributed by atoms with van der Waals surface area (Å²) < 4.78 is 110. The zero-order valence-corrected chi connectivity index (χ0v) is 29.5. The van der Waals surface area contributed by atoms with Crippen molar-refractivity contribution >= 4 is 26.7 Å². The van der Waals surface area contributed by atoms with Gasteiger partial charge in [-0.15, -0.1) is 0 Å². The van der Waals surface area contributed by atoms with E-state index in [4.69, 9.17) is 8.85 Å². The van der Waals surface area contributed by atoms with E-state index in [-0.39, 0.29) is 16.0 Å². The second-order valence-corrected chi connectivity index (χ2v) is 25.6. The molecule has 13 heteroatoms. The average molecular weight is 666 g/mol. The molecule has 1 aliphatic carbocycles. The van der Waals surface area contributed by atoms with Crippen molar-refractivity contribution in [2.75, 3.05) is 0 Å². The van der Waals surface area contributed by atoms with E-state index in [2.05, 4.69) is 72.5 Å². The molecule has 0 radical (unpaired) electrons. The molecule has 0 saturated heterocycles.